The largest absolute Gasteiger partial charge is 0.489 e. The molecule has 2 fully saturated rings. The summed E-state index contributed by atoms with van der Waals surface area (Å²) in [6, 6.07) is 6.66. The number of carboxylic acid groups (broad SMARTS) is 1. The second-order valence-corrected chi connectivity index (χ2v) is 12.7. The van der Waals surface area contributed by atoms with Crippen LogP contribution in [0.3, 0.4) is 0 Å². The van der Waals surface area contributed by atoms with E-state index in [9.17, 15) is 27.9 Å². The Bertz CT molecular complexity index is 1580. The predicted octanol–water partition coefficient (Wildman–Crippen LogP) is 0.366. The van der Waals surface area contributed by atoms with Crippen LogP contribution in [0.15, 0.2) is 39.8 Å². The second-order valence-electron chi connectivity index (χ2n) is 10.8. The van der Waals surface area contributed by atoms with Crippen LogP contribution in [0.25, 0.3) is 0 Å². The number of nitrogens with zero attached hydrogens (tertiary/aromatic N) is 4. The molecule has 2 aliphatic heterocycles. The van der Waals surface area contributed by atoms with Crippen LogP contribution in [0.2, 0.25) is 0 Å². The summed E-state index contributed by atoms with van der Waals surface area (Å²) in [5, 5.41) is 18.7. The van der Waals surface area contributed by atoms with E-state index < -0.39 is 64.4 Å². The van der Waals surface area contributed by atoms with Crippen LogP contribution in [0.1, 0.15) is 44.4 Å². The number of nitrogens with two attached hydrogens (primary N) is 2. The maximum atomic E-state index is 13.3. The van der Waals surface area contributed by atoms with Gasteiger partial charge in [-0.05, 0) is 57.5 Å². The molecule has 2 aromatic rings. The topological polar surface area (TPSA) is 258 Å². The van der Waals surface area contributed by atoms with Crippen molar-refractivity contribution in [3.05, 3.63) is 40.9 Å². The van der Waals surface area contributed by atoms with Gasteiger partial charge in [-0.2, -0.15) is 13.5 Å². The number of benzene rings is 1. The molecule has 1 amide bonds. The summed E-state index contributed by atoms with van der Waals surface area (Å²) in [6.45, 7) is 4.06. The monoisotopic (exact) mass is 667 g/mol. The number of Topliss-reactive ketones (excluding diaryl/α,β-unsaturated/α-hetero) is 1. The van der Waals surface area contributed by atoms with Gasteiger partial charge in [0.05, 0.1) is 17.5 Å². The van der Waals surface area contributed by atoms with Crippen molar-refractivity contribution in [1.29, 1.82) is 0 Å². The Hall–Kier alpha value is -4.17. The van der Waals surface area contributed by atoms with Gasteiger partial charge in [0.25, 0.3) is 12.0 Å². The molecule has 0 saturated carbocycles. The van der Waals surface area contributed by atoms with Gasteiger partial charge in [0.15, 0.2) is 16.6 Å². The standard InChI is InChI=1S/C26H33N7O10S2/c1-26(2)17(23(35)33(26)43-45(38,39)40)10-19(34)21(18-13-44-25(28)31-18)32-42-20(24(36)37)12-41-16-7-5-14(6-8-16)22(27)30-15-4-3-9-29-11-15/h5-8,13,15,17,20,29H,3-4,9-12H2,1-2H3,(H2,27,30)(H2,28,31)(H,36,37)(H,38,39,40)/b32-21-/t15?,17?,20-/m0/s1. The number of piperidine rings is 1. The molecule has 2 aliphatic rings. The summed E-state index contributed by atoms with van der Waals surface area (Å²) in [5.41, 5.74) is 10.8. The summed E-state index contributed by atoms with van der Waals surface area (Å²) < 4.78 is 41.0. The maximum Gasteiger partial charge on any atom is 0.418 e. The third kappa shape index (κ3) is 8.51. The number of hydroxylamine groups is 2. The van der Waals surface area contributed by atoms with Crippen LogP contribution in [0.5, 0.6) is 5.75 Å². The Labute approximate surface area is 262 Å². The highest BCUT2D eigenvalue weighted by molar-refractivity contribution is 7.80. The first-order chi connectivity index (χ1) is 21.2. The summed E-state index contributed by atoms with van der Waals surface area (Å²) >= 11 is 0.984. The lowest BCUT2D eigenvalue weighted by molar-refractivity contribution is -0.228. The van der Waals surface area contributed by atoms with Gasteiger partial charge in [0.2, 0.25) is 0 Å². The molecule has 45 heavy (non-hydrogen) atoms. The van der Waals surface area contributed by atoms with Gasteiger partial charge in [0.1, 0.15) is 23.9 Å². The Balaban J connectivity index is 1.43. The number of amidine groups is 1. The minimum atomic E-state index is -4.99. The predicted molar refractivity (Wildman–Crippen MR) is 161 cm³/mol. The number of rotatable bonds is 14. The molecule has 4 rings (SSSR count). The highest BCUT2D eigenvalue weighted by Gasteiger charge is 2.57. The quantitative estimate of drug-likeness (QED) is 0.0599. The number of thiazole rings is 1. The van der Waals surface area contributed by atoms with E-state index in [1.165, 1.54) is 19.2 Å². The molecule has 0 radical (unpaired) electrons. The lowest BCUT2D eigenvalue weighted by Gasteiger charge is -2.50. The molecule has 3 heterocycles. The van der Waals surface area contributed by atoms with E-state index in [1.807, 2.05) is 0 Å². The van der Waals surface area contributed by atoms with E-state index in [0.717, 1.165) is 37.3 Å². The van der Waals surface area contributed by atoms with Gasteiger partial charge < -0.3 is 31.5 Å². The number of ether oxygens (including phenoxy) is 1. The minimum absolute atomic E-state index is 0.0259. The van der Waals surface area contributed by atoms with Gasteiger partial charge in [-0.15, -0.1) is 15.6 Å². The fourth-order valence-corrected chi connectivity index (χ4v) is 5.66. The van der Waals surface area contributed by atoms with Crippen LogP contribution >= 0.6 is 11.3 Å². The highest BCUT2D eigenvalue weighted by atomic mass is 32.3. The first kappa shape index (κ1) is 33.7. The molecule has 7 N–H and O–H groups in total. The lowest BCUT2D eigenvalue weighted by Crippen LogP contribution is -2.68. The first-order valence-corrected chi connectivity index (χ1v) is 15.9. The molecule has 0 spiro atoms. The number of aromatic nitrogens is 1. The highest BCUT2D eigenvalue weighted by Crippen LogP contribution is 2.40. The molecular formula is C26H33N7O10S2. The first-order valence-electron chi connectivity index (χ1n) is 13.6. The number of ketones is 1. The van der Waals surface area contributed by atoms with Crippen molar-refractivity contribution in [3.8, 4) is 5.75 Å². The molecule has 19 heteroatoms. The normalized spacial score (nSPS) is 21.1. The fourth-order valence-electron chi connectivity index (χ4n) is 4.66. The number of nitrogen functional groups attached to an aromatic ring is 1. The van der Waals surface area contributed by atoms with Gasteiger partial charge in [-0.25, -0.2) is 9.78 Å². The molecule has 17 nitrogen and oxygen atoms in total. The molecule has 244 valence electrons. The number of carboxylic acids is 1. The molecule has 1 aromatic heterocycles. The van der Waals surface area contributed by atoms with Crippen molar-refractivity contribution in [2.75, 3.05) is 25.4 Å². The van der Waals surface area contributed by atoms with E-state index in [4.69, 9.17) is 25.6 Å². The average molecular weight is 668 g/mol. The number of nitrogens with one attached hydrogen (secondary N) is 1. The van der Waals surface area contributed by atoms with Crippen LogP contribution < -0.4 is 21.5 Å². The van der Waals surface area contributed by atoms with Crippen molar-refractivity contribution in [2.45, 2.75) is 50.8 Å². The smallest absolute Gasteiger partial charge is 0.418 e. The van der Waals surface area contributed by atoms with E-state index in [2.05, 4.69) is 24.7 Å². The summed E-state index contributed by atoms with van der Waals surface area (Å²) in [6.07, 6.45) is -0.195. The van der Waals surface area contributed by atoms with Gasteiger partial charge >= 0.3 is 16.4 Å². The number of aliphatic imine (C=N–C) groups is 1. The van der Waals surface area contributed by atoms with Crippen LogP contribution in [-0.2, 0) is 33.9 Å². The molecular weight excluding hydrogens is 634 g/mol. The zero-order chi connectivity index (χ0) is 32.9. The Morgan fingerprint density at radius 3 is 2.56 bits per heavy atom. The third-order valence-electron chi connectivity index (χ3n) is 7.15. The third-order valence-corrected chi connectivity index (χ3v) is 8.16. The van der Waals surface area contributed by atoms with Crippen molar-refractivity contribution >= 4 is 56.1 Å². The van der Waals surface area contributed by atoms with Gasteiger partial charge in [0, 0.05) is 23.9 Å². The van der Waals surface area contributed by atoms with Crippen LogP contribution in [0, 0.1) is 5.92 Å². The molecule has 1 aromatic carbocycles. The SMILES string of the molecule is CC1(C)C(CC(=O)/C(=N\O[C@@H](COc2ccc(C(N)=NC3CCCNC3)cc2)C(=O)O)c2csc(N)n2)C(=O)N1OS(=O)(=O)O. The fraction of sp³-hybridized carbons (Fsp3) is 0.462. The number of hydrogen-bond acceptors (Lipinski definition) is 14. The second kappa shape index (κ2) is 13.9. The number of hydrogen-bond donors (Lipinski definition) is 5. The number of amides is 1. The lowest BCUT2D eigenvalue weighted by atomic mass is 9.74. The van der Waals surface area contributed by atoms with Crippen molar-refractivity contribution in [2.24, 2.45) is 21.8 Å². The minimum Gasteiger partial charge on any atom is -0.489 e. The maximum absolute atomic E-state index is 13.3. The molecule has 0 aliphatic carbocycles. The summed E-state index contributed by atoms with van der Waals surface area (Å²) in [4.78, 5) is 51.5. The molecule has 2 unspecified atom stereocenters. The van der Waals surface area contributed by atoms with Crippen molar-refractivity contribution < 1.29 is 46.3 Å². The van der Waals surface area contributed by atoms with E-state index in [1.54, 1.807) is 24.3 Å². The summed E-state index contributed by atoms with van der Waals surface area (Å²) in [5.74, 6) is -3.48. The number of carbonyl (C=O) groups is 3. The van der Waals surface area contributed by atoms with Gasteiger partial charge in [-0.3, -0.25) is 19.1 Å². The molecule has 3 atom stereocenters. The van der Waals surface area contributed by atoms with Crippen molar-refractivity contribution in [3.63, 3.8) is 0 Å². The van der Waals surface area contributed by atoms with Gasteiger partial charge in [-0.1, -0.05) is 5.16 Å². The van der Waals surface area contributed by atoms with Crippen LogP contribution in [-0.4, -0.2) is 94.7 Å². The number of oxime groups is 1. The average Bonchev–Trinajstić information content (AvgIpc) is 3.41. The van der Waals surface area contributed by atoms with E-state index in [0.29, 0.717) is 22.2 Å². The zero-order valence-electron chi connectivity index (χ0n) is 24.3. The van der Waals surface area contributed by atoms with E-state index in [-0.39, 0.29) is 16.9 Å². The Morgan fingerprint density at radius 1 is 1.29 bits per heavy atom. The number of aliphatic carboxylic acids is 1. The van der Waals surface area contributed by atoms with Crippen molar-refractivity contribution in [1.82, 2.24) is 15.4 Å². The summed E-state index contributed by atoms with van der Waals surface area (Å²) in [7, 11) is -4.99. The number of anilines is 1. The zero-order valence-corrected chi connectivity index (χ0v) is 25.9. The number of β-lactam (4-membered cyclic amide) rings is 1. The Kier molecular flexibility index (Phi) is 10.4. The molecule has 0 bridgehead atoms. The van der Waals surface area contributed by atoms with Crippen LogP contribution in [0.4, 0.5) is 5.13 Å². The van der Waals surface area contributed by atoms with E-state index >= 15 is 0 Å². The number of carbonyl (C=O) groups excluding carboxylic acids is 2. The molecule has 2 saturated heterocycles. The Morgan fingerprint density at radius 2 is 2.00 bits per heavy atom.